The summed E-state index contributed by atoms with van der Waals surface area (Å²) in [7, 11) is 0. The zero-order valence-corrected chi connectivity index (χ0v) is 20.1. The van der Waals surface area contributed by atoms with Gasteiger partial charge >= 0.3 is 0 Å². The van der Waals surface area contributed by atoms with Crippen molar-refractivity contribution in [2.75, 3.05) is 6.61 Å². The molecule has 3 aromatic carbocycles. The third-order valence-electron chi connectivity index (χ3n) is 4.60. The Balaban J connectivity index is 1.51. The maximum absolute atomic E-state index is 13.1. The first-order valence-electron chi connectivity index (χ1n) is 10.2. The van der Waals surface area contributed by atoms with Gasteiger partial charge in [-0.05, 0) is 84.9 Å². The van der Waals surface area contributed by atoms with Crippen LogP contribution in [0.15, 0.2) is 81.1 Å². The molecule has 3 aromatic rings. The van der Waals surface area contributed by atoms with Crippen molar-refractivity contribution in [3.8, 4) is 11.5 Å². The fourth-order valence-electron chi connectivity index (χ4n) is 3.03. The van der Waals surface area contributed by atoms with Gasteiger partial charge in [0, 0.05) is 10.0 Å². The molecule has 5 nitrogen and oxygen atoms in total. The summed E-state index contributed by atoms with van der Waals surface area (Å²) in [5.41, 5.74) is 2.30. The van der Waals surface area contributed by atoms with E-state index in [1.807, 2.05) is 49.4 Å². The fraction of sp³-hybridized carbons (Fsp3) is 0.120. The van der Waals surface area contributed by atoms with Gasteiger partial charge in [-0.1, -0.05) is 28.1 Å². The largest absolute Gasteiger partial charge is 0.494 e. The number of halogens is 2. The van der Waals surface area contributed by atoms with Gasteiger partial charge in [-0.15, -0.1) is 0 Å². The third-order valence-corrected chi connectivity index (χ3v) is 6.00. The number of thioether (sulfide) groups is 1. The van der Waals surface area contributed by atoms with Crippen molar-refractivity contribution in [1.29, 1.82) is 0 Å². The molecule has 0 spiro atoms. The first-order valence-corrected chi connectivity index (χ1v) is 11.8. The number of nitrogens with one attached hydrogen (secondary N) is 1. The van der Waals surface area contributed by atoms with Gasteiger partial charge in [0.05, 0.1) is 17.2 Å². The molecule has 0 saturated carbocycles. The number of ether oxygens (including phenoxy) is 2. The van der Waals surface area contributed by atoms with Crippen molar-refractivity contribution < 1.29 is 18.7 Å². The molecule has 1 aliphatic heterocycles. The summed E-state index contributed by atoms with van der Waals surface area (Å²) >= 11 is 4.73. The first-order chi connectivity index (χ1) is 16.0. The number of amidine groups is 1. The highest BCUT2D eigenvalue weighted by atomic mass is 79.9. The summed E-state index contributed by atoms with van der Waals surface area (Å²) < 4.78 is 25.4. The second-order valence-electron chi connectivity index (χ2n) is 7.01. The van der Waals surface area contributed by atoms with Gasteiger partial charge in [-0.2, -0.15) is 0 Å². The number of nitrogens with zero attached hydrogens (tertiary/aromatic N) is 1. The summed E-state index contributed by atoms with van der Waals surface area (Å²) in [6.45, 7) is 2.80. The Hall–Kier alpha value is -3.10. The van der Waals surface area contributed by atoms with Crippen molar-refractivity contribution in [1.82, 2.24) is 5.32 Å². The molecule has 0 unspecified atom stereocenters. The molecule has 1 heterocycles. The molecule has 0 bridgehead atoms. The molecule has 1 N–H and O–H groups in total. The molecule has 1 saturated heterocycles. The van der Waals surface area contributed by atoms with Crippen LogP contribution in [-0.4, -0.2) is 17.7 Å². The lowest BCUT2D eigenvalue weighted by molar-refractivity contribution is -0.115. The molecular formula is C25H20BrFN2O3S. The molecule has 1 fully saturated rings. The number of carbonyl (C=O) groups excluding carboxylic acids is 1. The smallest absolute Gasteiger partial charge is 0.264 e. The van der Waals surface area contributed by atoms with E-state index in [1.165, 1.54) is 23.9 Å². The summed E-state index contributed by atoms with van der Waals surface area (Å²) in [5.74, 6) is 0.863. The highest BCUT2D eigenvalue weighted by Gasteiger charge is 2.24. The molecule has 33 heavy (non-hydrogen) atoms. The van der Waals surface area contributed by atoms with E-state index in [0.717, 1.165) is 21.3 Å². The van der Waals surface area contributed by atoms with Crippen molar-refractivity contribution >= 4 is 50.5 Å². The number of aliphatic imine (C=N–C) groups is 1. The van der Waals surface area contributed by atoms with Crippen LogP contribution in [0.25, 0.3) is 6.08 Å². The SMILES string of the molecule is CCOc1ccc(N=C2NC(=O)/C(=C\c3cc(Br)ccc3OCc3ccc(F)cc3)S2)cc1. The Bertz CT molecular complexity index is 1210. The standard InChI is InChI=1S/C25H20BrFN2O3S/c1-2-31-21-10-8-20(9-11-21)28-25-29-24(30)23(33-25)14-17-13-18(26)5-12-22(17)32-15-16-3-6-19(27)7-4-16/h3-14H,2,15H2,1H3,(H,28,29,30)/b23-14+. The van der Waals surface area contributed by atoms with E-state index >= 15 is 0 Å². The van der Waals surface area contributed by atoms with Crippen LogP contribution in [0.1, 0.15) is 18.1 Å². The van der Waals surface area contributed by atoms with E-state index in [2.05, 4.69) is 26.2 Å². The van der Waals surface area contributed by atoms with Gasteiger partial charge < -0.3 is 14.8 Å². The van der Waals surface area contributed by atoms with Gasteiger partial charge in [0.15, 0.2) is 5.17 Å². The molecule has 1 aliphatic rings. The molecule has 0 atom stereocenters. The average Bonchev–Trinajstić information content (AvgIpc) is 3.14. The van der Waals surface area contributed by atoms with E-state index in [0.29, 0.717) is 28.1 Å². The van der Waals surface area contributed by atoms with Gasteiger partial charge in [-0.3, -0.25) is 4.79 Å². The summed E-state index contributed by atoms with van der Waals surface area (Å²) in [5, 5.41) is 3.30. The van der Waals surface area contributed by atoms with Crippen molar-refractivity contribution in [2.24, 2.45) is 4.99 Å². The lowest BCUT2D eigenvalue weighted by Gasteiger charge is -2.10. The zero-order chi connectivity index (χ0) is 23.2. The predicted octanol–water partition coefficient (Wildman–Crippen LogP) is 6.46. The molecule has 4 rings (SSSR count). The Morgan fingerprint density at radius 2 is 1.82 bits per heavy atom. The topological polar surface area (TPSA) is 59.9 Å². The van der Waals surface area contributed by atoms with Crippen molar-refractivity contribution in [2.45, 2.75) is 13.5 Å². The van der Waals surface area contributed by atoms with Gasteiger partial charge in [-0.25, -0.2) is 9.38 Å². The lowest BCUT2D eigenvalue weighted by atomic mass is 10.2. The number of hydrogen-bond donors (Lipinski definition) is 1. The summed E-state index contributed by atoms with van der Waals surface area (Å²) in [6.07, 6.45) is 1.77. The Morgan fingerprint density at radius 3 is 2.55 bits per heavy atom. The van der Waals surface area contributed by atoms with Gasteiger partial charge in [0.2, 0.25) is 0 Å². The van der Waals surface area contributed by atoms with Crippen LogP contribution >= 0.6 is 27.7 Å². The number of benzene rings is 3. The maximum atomic E-state index is 13.1. The van der Waals surface area contributed by atoms with Crippen molar-refractivity contribution in [3.05, 3.63) is 93.1 Å². The van der Waals surface area contributed by atoms with E-state index in [4.69, 9.17) is 9.47 Å². The van der Waals surface area contributed by atoms with E-state index in [9.17, 15) is 9.18 Å². The number of carbonyl (C=O) groups is 1. The first kappa shape index (κ1) is 23.1. The lowest BCUT2D eigenvalue weighted by Crippen LogP contribution is -2.19. The van der Waals surface area contributed by atoms with E-state index in [-0.39, 0.29) is 18.3 Å². The third kappa shape index (κ3) is 6.24. The maximum Gasteiger partial charge on any atom is 0.264 e. The Kier molecular flexibility index (Phi) is 7.47. The second kappa shape index (κ2) is 10.7. The molecular weight excluding hydrogens is 507 g/mol. The van der Waals surface area contributed by atoms with Crippen LogP contribution in [0.2, 0.25) is 0 Å². The monoisotopic (exact) mass is 526 g/mol. The molecule has 0 radical (unpaired) electrons. The van der Waals surface area contributed by atoms with E-state index < -0.39 is 0 Å². The molecule has 0 aliphatic carbocycles. The van der Waals surface area contributed by atoms with Crippen LogP contribution in [-0.2, 0) is 11.4 Å². The van der Waals surface area contributed by atoms with Crippen LogP contribution in [0.5, 0.6) is 11.5 Å². The van der Waals surface area contributed by atoms with Crippen LogP contribution < -0.4 is 14.8 Å². The predicted molar refractivity (Wildman–Crippen MR) is 133 cm³/mol. The Morgan fingerprint density at radius 1 is 1.06 bits per heavy atom. The van der Waals surface area contributed by atoms with E-state index in [1.54, 1.807) is 18.2 Å². The minimum absolute atomic E-state index is 0.228. The number of rotatable bonds is 7. The van der Waals surface area contributed by atoms with Crippen LogP contribution in [0.3, 0.4) is 0 Å². The fourth-order valence-corrected chi connectivity index (χ4v) is 4.24. The minimum Gasteiger partial charge on any atom is -0.494 e. The molecule has 168 valence electrons. The van der Waals surface area contributed by atoms with Gasteiger partial charge in [0.1, 0.15) is 23.9 Å². The van der Waals surface area contributed by atoms with Crippen LogP contribution in [0.4, 0.5) is 10.1 Å². The normalized spacial score (nSPS) is 15.7. The zero-order valence-electron chi connectivity index (χ0n) is 17.7. The highest BCUT2D eigenvalue weighted by molar-refractivity contribution is 9.10. The second-order valence-corrected chi connectivity index (χ2v) is 8.95. The summed E-state index contributed by atoms with van der Waals surface area (Å²) in [6, 6.07) is 19.1. The average molecular weight is 527 g/mol. The molecule has 1 amide bonds. The number of amides is 1. The quantitative estimate of drug-likeness (QED) is 0.359. The highest BCUT2D eigenvalue weighted by Crippen LogP contribution is 2.32. The summed E-state index contributed by atoms with van der Waals surface area (Å²) in [4.78, 5) is 17.5. The van der Waals surface area contributed by atoms with Crippen molar-refractivity contribution in [3.63, 3.8) is 0 Å². The number of hydrogen-bond acceptors (Lipinski definition) is 5. The van der Waals surface area contributed by atoms with Gasteiger partial charge in [0.25, 0.3) is 5.91 Å². The molecule has 0 aromatic heterocycles. The Labute approximate surface area is 203 Å². The minimum atomic E-state index is -0.292. The molecule has 8 heteroatoms. The van der Waals surface area contributed by atoms with Crippen LogP contribution in [0, 0.1) is 5.82 Å².